The first-order valence-electron chi connectivity index (χ1n) is 9.42. The van der Waals surface area contributed by atoms with Crippen LogP contribution in [0, 0.1) is 23.0 Å². The second kappa shape index (κ2) is 10.5. The number of hydrogen-bond acceptors (Lipinski definition) is 4. The van der Waals surface area contributed by atoms with E-state index in [1.807, 2.05) is 36.4 Å². The van der Waals surface area contributed by atoms with Gasteiger partial charge in [-0.3, -0.25) is 0 Å². The number of hydrogen-bond donors (Lipinski definition) is 0. The van der Waals surface area contributed by atoms with Crippen LogP contribution in [0.4, 0.5) is 8.78 Å². The molecule has 0 saturated heterocycles. The number of rotatable bonds is 9. The van der Waals surface area contributed by atoms with Crippen molar-refractivity contribution < 1.29 is 23.0 Å². The minimum absolute atomic E-state index is 0.381. The highest BCUT2D eigenvalue weighted by molar-refractivity contribution is 5.71. The second-order valence-electron chi connectivity index (χ2n) is 6.48. The van der Waals surface area contributed by atoms with Crippen molar-refractivity contribution in [2.75, 3.05) is 33.5 Å². The Morgan fingerprint density at radius 1 is 0.733 bits per heavy atom. The summed E-state index contributed by atoms with van der Waals surface area (Å²) in [6.07, 6.45) is 0. The van der Waals surface area contributed by atoms with Gasteiger partial charge in [-0.15, -0.1) is 0 Å². The van der Waals surface area contributed by atoms with Gasteiger partial charge in [0.25, 0.3) is 0 Å². The summed E-state index contributed by atoms with van der Waals surface area (Å²) in [6, 6.07) is 18.8. The molecule has 0 aliphatic carbocycles. The number of methoxy groups -OCH3 is 1. The SMILES string of the molecule is COCCOCCOc1ccc(-c2ccc(-c3cc(F)c(C#N)c(F)c3)cc2)cc1. The van der Waals surface area contributed by atoms with Crippen LogP contribution in [0.5, 0.6) is 5.75 Å². The van der Waals surface area contributed by atoms with E-state index < -0.39 is 17.2 Å². The van der Waals surface area contributed by atoms with Crippen molar-refractivity contribution in [2.45, 2.75) is 0 Å². The van der Waals surface area contributed by atoms with Crippen LogP contribution in [-0.4, -0.2) is 33.5 Å². The largest absolute Gasteiger partial charge is 0.491 e. The van der Waals surface area contributed by atoms with Crippen molar-refractivity contribution in [2.24, 2.45) is 0 Å². The Balaban J connectivity index is 1.63. The number of halogens is 2. The van der Waals surface area contributed by atoms with Crippen molar-refractivity contribution in [1.29, 1.82) is 5.26 Å². The average molecular weight is 409 g/mol. The Morgan fingerprint density at radius 2 is 1.23 bits per heavy atom. The van der Waals surface area contributed by atoms with Crippen molar-refractivity contribution in [3.63, 3.8) is 0 Å². The van der Waals surface area contributed by atoms with Crippen LogP contribution in [0.1, 0.15) is 5.56 Å². The van der Waals surface area contributed by atoms with Crippen LogP contribution in [0.3, 0.4) is 0 Å². The van der Waals surface area contributed by atoms with Crippen LogP contribution in [-0.2, 0) is 9.47 Å². The summed E-state index contributed by atoms with van der Waals surface area (Å²) in [6.45, 7) is 2.04. The van der Waals surface area contributed by atoms with Crippen molar-refractivity contribution in [1.82, 2.24) is 0 Å². The van der Waals surface area contributed by atoms with Gasteiger partial charge in [0.1, 0.15) is 35.6 Å². The molecule has 0 aromatic heterocycles. The van der Waals surface area contributed by atoms with Crippen molar-refractivity contribution in [3.05, 3.63) is 77.9 Å². The molecular formula is C24H21F2NO3. The van der Waals surface area contributed by atoms with Gasteiger partial charge in [-0.25, -0.2) is 8.78 Å². The molecule has 0 bridgehead atoms. The molecule has 0 atom stereocenters. The molecule has 0 amide bonds. The molecular weight excluding hydrogens is 388 g/mol. The third-order valence-electron chi connectivity index (χ3n) is 4.49. The van der Waals surface area contributed by atoms with Crippen LogP contribution in [0.2, 0.25) is 0 Å². The first-order valence-corrected chi connectivity index (χ1v) is 9.42. The molecule has 0 N–H and O–H groups in total. The zero-order valence-electron chi connectivity index (χ0n) is 16.5. The quantitative estimate of drug-likeness (QED) is 0.455. The van der Waals surface area contributed by atoms with Gasteiger partial charge in [0.2, 0.25) is 0 Å². The van der Waals surface area contributed by atoms with Crippen molar-refractivity contribution >= 4 is 0 Å². The van der Waals surface area contributed by atoms with Gasteiger partial charge in [-0.05, 0) is 46.5 Å². The minimum atomic E-state index is -0.865. The lowest BCUT2D eigenvalue weighted by Gasteiger charge is -2.09. The Kier molecular flexibility index (Phi) is 7.50. The molecule has 6 heteroatoms. The van der Waals surface area contributed by atoms with E-state index in [2.05, 4.69) is 0 Å². The normalized spacial score (nSPS) is 10.6. The number of ether oxygens (including phenoxy) is 3. The van der Waals surface area contributed by atoms with Gasteiger partial charge >= 0.3 is 0 Å². The van der Waals surface area contributed by atoms with E-state index in [0.717, 1.165) is 16.9 Å². The van der Waals surface area contributed by atoms with Gasteiger partial charge in [0.15, 0.2) is 0 Å². The topological polar surface area (TPSA) is 51.5 Å². The number of nitriles is 1. The number of benzene rings is 3. The van der Waals surface area contributed by atoms with Crippen molar-refractivity contribution in [3.8, 4) is 34.1 Å². The molecule has 0 saturated carbocycles. The van der Waals surface area contributed by atoms with E-state index in [4.69, 9.17) is 19.5 Å². The van der Waals surface area contributed by atoms with Gasteiger partial charge in [0, 0.05) is 7.11 Å². The smallest absolute Gasteiger partial charge is 0.144 e. The van der Waals surface area contributed by atoms with Crippen LogP contribution >= 0.6 is 0 Å². The average Bonchev–Trinajstić information content (AvgIpc) is 2.76. The summed E-state index contributed by atoms with van der Waals surface area (Å²) in [7, 11) is 1.63. The molecule has 0 spiro atoms. The van der Waals surface area contributed by atoms with E-state index in [0.29, 0.717) is 37.6 Å². The Labute approximate surface area is 174 Å². The maximum atomic E-state index is 13.9. The van der Waals surface area contributed by atoms with Gasteiger partial charge in [-0.2, -0.15) is 5.26 Å². The van der Waals surface area contributed by atoms with Gasteiger partial charge < -0.3 is 14.2 Å². The second-order valence-corrected chi connectivity index (χ2v) is 6.48. The lowest BCUT2D eigenvalue weighted by atomic mass is 9.99. The Hall–Kier alpha value is -3.27. The highest BCUT2D eigenvalue weighted by atomic mass is 19.1. The summed E-state index contributed by atoms with van der Waals surface area (Å²) < 4.78 is 43.6. The van der Waals surface area contributed by atoms with Gasteiger partial charge in [0.05, 0.1) is 19.8 Å². The van der Waals surface area contributed by atoms with Gasteiger partial charge in [-0.1, -0.05) is 36.4 Å². The van der Waals surface area contributed by atoms with Crippen LogP contribution < -0.4 is 4.74 Å². The lowest BCUT2D eigenvalue weighted by Crippen LogP contribution is -2.09. The molecule has 0 heterocycles. The fourth-order valence-corrected chi connectivity index (χ4v) is 2.91. The van der Waals surface area contributed by atoms with E-state index in [1.165, 1.54) is 18.2 Å². The zero-order chi connectivity index (χ0) is 21.3. The third-order valence-corrected chi connectivity index (χ3v) is 4.49. The molecule has 0 unspecified atom stereocenters. The summed E-state index contributed by atoms with van der Waals surface area (Å²) in [5.74, 6) is -0.984. The Morgan fingerprint density at radius 3 is 1.77 bits per heavy atom. The Bertz CT molecular complexity index is 989. The summed E-state index contributed by atoms with van der Waals surface area (Å²) in [5.41, 5.74) is 2.42. The molecule has 0 aliphatic rings. The fourth-order valence-electron chi connectivity index (χ4n) is 2.91. The summed E-state index contributed by atoms with van der Waals surface area (Å²) >= 11 is 0. The van der Waals surface area contributed by atoms with E-state index in [-0.39, 0.29) is 0 Å². The highest BCUT2D eigenvalue weighted by Gasteiger charge is 2.11. The first-order chi connectivity index (χ1) is 14.6. The predicted molar refractivity (Wildman–Crippen MR) is 110 cm³/mol. The maximum absolute atomic E-state index is 13.9. The fraction of sp³-hybridized carbons (Fsp3) is 0.208. The monoisotopic (exact) mass is 409 g/mol. The maximum Gasteiger partial charge on any atom is 0.144 e. The van der Waals surface area contributed by atoms with E-state index >= 15 is 0 Å². The molecule has 0 fully saturated rings. The van der Waals surface area contributed by atoms with E-state index in [1.54, 1.807) is 19.2 Å². The number of nitrogens with zero attached hydrogens (tertiary/aromatic N) is 1. The van der Waals surface area contributed by atoms with E-state index in [9.17, 15) is 8.78 Å². The minimum Gasteiger partial charge on any atom is -0.491 e. The van der Waals surface area contributed by atoms with Crippen LogP contribution in [0.25, 0.3) is 22.3 Å². The molecule has 30 heavy (non-hydrogen) atoms. The van der Waals surface area contributed by atoms with Crippen LogP contribution in [0.15, 0.2) is 60.7 Å². The lowest BCUT2D eigenvalue weighted by molar-refractivity contribution is 0.0544. The summed E-state index contributed by atoms with van der Waals surface area (Å²) in [5, 5.41) is 8.78. The predicted octanol–water partition coefficient (Wildman–Crippen LogP) is 5.21. The molecule has 3 aromatic carbocycles. The highest BCUT2D eigenvalue weighted by Crippen LogP contribution is 2.28. The molecule has 0 radical (unpaired) electrons. The molecule has 4 nitrogen and oxygen atoms in total. The molecule has 3 aromatic rings. The zero-order valence-corrected chi connectivity index (χ0v) is 16.5. The molecule has 0 aliphatic heterocycles. The summed E-state index contributed by atoms with van der Waals surface area (Å²) in [4.78, 5) is 0. The first kappa shape index (κ1) is 21.4. The molecule has 3 rings (SSSR count). The molecule has 154 valence electrons. The third kappa shape index (κ3) is 5.41. The standard InChI is InChI=1S/C24H21F2NO3/c1-28-10-11-29-12-13-30-21-8-6-18(7-9-21)17-2-4-19(5-3-17)20-14-23(25)22(16-27)24(26)15-20/h2-9,14-15H,10-13H2,1H3.